The normalized spacial score (nSPS) is 16.8. The molecule has 3 heterocycles. The van der Waals surface area contributed by atoms with Crippen LogP contribution >= 0.6 is 0 Å². The van der Waals surface area contributed by atoms with Crippen molar-refractivity contribution < 1.29 is 9.53 Å². The predicted molar refractivity (Wildman–Crippen MR) is 90.4 cm³/mol. The second-order valence-corrected chi connectivity index (χ2v) is 5.97. The Morgan fingerprint density at radius 2 is 2.08 bits per heavy atom. The van der Waals surface area contributed by atoms with Crippen LogP contribution in [-0.2, 0) is 11.3 Å². The van der Waals surface area contributed by atoms with Gasteiger partial charge in [0.15, 0.2) is 6.61 Å². The van der Waals surface area contributed by atoms with Crippen molar-refractivity contribution in [2.45, 2.75) is 13.0 Å². The summed E-state index contributed by atoms with van der Waals surface area (Å²) < 4.78 is 5.57. The fourth-order valence-electron chi connectivity index (χ4n) is 2.82. The Bertz CT molecular complexity index is 630. The van der Waals surface area contributed by atoms with Crippen LogP contribution < -0.4 is 10.1 Å². The Labute approximate surface area is 141 Å². The number of nitrogens with one attached hydrogen (secondary N) is 1. The van der Waals surface area contributed by atoms with Crippen molar-refractivity contribution in [1.29, 1.82) is 0 Å². The molecule has 1 N–H and O–H groups in total. The summed E-state index contributed by atoms with van der Waals surface area (Å²) in [5.41, 5.74) is 1.03. The Balaban J connectivity index is 1.62. The van der Waals surface area contributed by atoms with Crippen molar-refractivity contribution in [3.05, 3.63) is 54.6 Å². The highest BCUT2D eigenvalue weighted by Crippen LogP contribution is 2.14. The van der Waals surface area contributed by atoms with Gasteiger partial charge < -0.3 is 15.0 Å². The van der Waals surface area contributed by atoms with Crippen LogP contribution in [0.1, 0.15) is 12.0 Å². The van der Waals surface area contributed by atoms with E-state index in [9.17, 15) is 4.79 Å². The van der Waals surface area contributed by atoms with Gasteiger partial charge >= 0.3 is 0 Å². The average Bonchev–Trinajstić information content (AvgIpc) is 3.14. The molecule has 0 spiro atoms. The lowest BCUT2D eigenvalue weighted by molar-refractivity contribution is -0.134. The highest BCUT2D eigenvalue weighted by Gasteiger charge is 2.22. The highest BCUT2D eigenvalue weighted by atomic mass is 16.5. The molecule has 0 saturated carbocycles. The van der Waals surface area contributed by atoms with E-state index in [1.165, 1.54) is 0 Å². The van der Waals surface area contributed by atoms with Crippen LogP contribution in [0.2, 0.25) is 0 Å². The van der Waals surface area contributed by atoms with E-state index in [-0.39, 0.29) is 12.5 Å². The van der Waals surface area contributed by atoms with E-state index in [0.29, 0.717) is 18.2 Å². The third-order valence-electron chi connectivity index (χ3n) is 4.09. The largest absolute Gasteiger partial charge is 0.482 e. The zero-order valence-corrected chi connectivity index (χ0v) is 13.6. The van der Waals surface area contributed by atoms with Crippen LogP contribution in [0.15, 0.2) is 49.1 Å². The number of aromatic nitrogens is 2. The third kappa shape index (κ3) is 4.76. The number of nitrogens with zero attached hydrogens (tertiary/aromatic N) is 3. The van der Waals surface area contributed by atoms with E-state index in [1.54, 1.807) is 36.9 Å². The lowest BCUT2D eigenvalue weighted by Gasteiger charge is -2.25. The molecule has 6 heteroatoms. The minimum absolute atomic E-state index is 0.0189. The smallest absolute Gasteiger partial charge is 0.260 e. The van der Waals surface area contributed by atoms with Gasteiger partial charge in [-0.3, -0.25) is 14.8 Å². The standard InChI is InChI=1S/C18H22N4O2/c23-18(14-24-17-4-2-7-20-11-17)22(13-16-5-8-21-10-16)12-15-3-1-6-19-9-15/h1-4,6-7,9,11,16,21H,5,8,10,12-14H2. The number of carbonyl (C=O) groups excluding carboxylic acids is 1. The van der Waals surface area contributed by atoms with E-state index < -0.39 is 0 Å². The Kier molecular flexibility index (Phi) is 5.74. The van der Waals surface area contributed by atoms with Crippen LogP contribution in [0.25, 0.3) is 0 Å². The molecule has 2 aromatic rings. The van der Waals surface area contributed by atoms with Gasteiger partial charge in [0.25, 0.3) is 5.91 Å². The number of pyridine rings is 2. The van der Waals surface area contributed by atoms with Gasteiger partial charge in [-0.1, -0.05) is 6.07 Å². The molecule has 24 heavy (non-hydrogen) atoms. The lowest BCUT2D eigenvalue weighted by Crippen LogP contribution is -2.38. The first-order valence-electron chi connectivity index (χ1n) is 8.21. The molecule has 2 aromatic heterocycles. The molecule has 3 rings (SSSR count). The quantitative estimate of drug-likeness (QED) is 0.835. The first-order chi connectivity index (χ1) is 11.8. The maximum Gasteiger partial charge on any atom is 0.260 e. The van der Waals surface area contributed by atoms with Gasteiger partial charge in [0.2, 0.25) is 0 Å². The summed E-state index contributed by atoms with van der Waals surface area (Å²) in [4.78, 5) is 22.6. The first-order valence-corrected chi connectivity index (χ1v) is 8.21. The molecular formula is C18H22N4O2. The molecule has 0 aromatic carbocycles. The third-order valence-corrected chi connectivity index (χ3v) is 4.09. The van der Waals surface area contributed by atoms with Gasteiger partial charge in [0, 0.05) is 31.7 Å². The molecule has 0 bridgehead atoms. The summed E-state index contributed by atoms with van der Waals surface area (Å²) in [5, 5.41) is 3.35. The van der Waals surface area contributed by atoms with Crippen molar-refractivity contribution >= 4 is 5.91 Å². The molecule has 1 atom stereocenters. The average molecular weight is 326 g/mol. The first kappa shape index (κ1) is 16.4. The Hall–Kier alpha value is -2.47. The van der Waals surface area contributed by atoms with Crippen molar-refractivity contribution in [2.24, 2.45) is 5.92 Å². The van der Waals surface area contributed by atoms with Crippen molar-refractivity contribution in [2.75, 3.05) is 26.2 Å². The van der Waals surface area contributed by atoms with Gasteiger partial charge in [-0.05, 0) is 49.2 Å². The second kappa shape index (κ2) is 8.40. The molecule has 1 fully saturated rings. The summed E-state index contributed by atoms with van der Waals surface area (Å²) in [6.45, 7) is 3.29. The number of hydrogen-bond donors (Lipinski definition) is 1. The van der Waals surface area contributed by atoms with Gasteiger partial charge in [-0.2, -0.15) is 0 Å². The lowest BCUT2D eigenvalue weighted by atomic mass is 10.1. The summed E-state index contributed by atoms with van der Waals surface area (Å²) in [6.07, 6.45) is 7.92. The minimum Gasteiger partial charge on any atom is -0.482 e. The van der Waals surface area contributed by atoms with Crippen molar-refractivity contribution in [3.8, 4) is 5.75 Å². The summed E-state index contributed by atoms with van der Waals surface area (Å²) in [6, 6.07) is 7.47. The Morgan fingerprint density at radius 1 is 1.25 bits per heavy atom. The molecular weight excluding hydrogens is 304 g/mol. The van der Waals surface area contributed by atoms with E-state index in [4.69, 9.17) is 4.74 Å². The molecule has 1 aliphatic rings. The number of hydrogen-bond acceptors (Lipinski definition) is 5. The molecule has 126 valence electrons. The fourth-order valence-corrected chi connectivity index (χ4v) is 2.82. The zero-order chi connectivity index (χ0) is 16.6. The number of ether oxygens (including phenoxy) is 1. The number of carbonyl (C=O) groups is 1. The Morgan fingerprint density at radius 3 is 2.75 bits per heavy atom. The van der Waals surface area contributed by atoms with Crippen molar-refractivity contribution in [1.82, 2.24) is 20.2 Å². The van der Waals surface area contributed by atoms with E-state index in [0.717, 1.165) is 31.6 Å². The van der Waals surface area contributed by atoms with Gasteiger partial charge in [-0.25, -0.2) is 0 Å². The molecule has 6 nitrogen and oxygen atoms in total. The zero-order valence-electron chi connectivity index (χ0n) is 13.6. The highest BCUT2D eigenvalue weighted by molar-refractivity contribution is 5.77. The second-order valence-electron chi connectivity index (χ2n) is 5.97. The van der Waals surface area contributed by atoms with Crippen LogP contribution in [0, 0.1) is 5.92 Å². The summed E-state index contributed by atoms with van der Waals surface area (Å²) in [7, 11) is 0. The molecule has 0 radical (unpaired) electrons. The maximum absolute atomic E-state index is 12.6. The topological polar surface area (TPSA) is 67.3 Å². The van der Waals surface area contributed by atoms with E-state index in [2.05, 4.69) is 15.3 Å². The van der Waals surface area contributed by atoms with Crippen LogP contribution in [0.3, 0.4) is 0 Å². The van der Waals surface area contributed by atoms with Gasteiger partial charge in [0.1, 0.15) is 5.75 Å². The molecule has 1 amide bonds. The van der Waals surface area contributed by atoms with Gasteiger partial charge in [-0.15, -0.1) is 0 Å². The van der Waals surface area contributed by atoms with Crippen LogP contribution in [0.4, 0.5) is 0 Å². The van der Waals surface area contributed by atoms with Crippen LogP contribution in [0.5, 0.6) is 5.75 Å². The van der Waals surface area contributed by atoms with E-state index >= 15 is 0 Å². The number of rotatable bonds is 7. The molecule has 1 saturated heterocycles. The fraction of sp³-hybridized carbons (Fsp3) is 0.389. The van der Waals surface area contributed by atoms with Crippen LogP contribution in [-0.4, -0.2) is 47.0 Å². The predicted octanol–water partition coefficient (Wildman–Crippen LogP) is 1.49. The maximum atomic E-state index is 12.6. The van der Waals surface area contributed by atoms with Crippen molar-refractivity contribution in [3.63, 3.8) is 0 Å². The van der Waals surface area contributed by atoms with Gasteiger partial charge in [0.05, 0.1) is 6.20 Å². The molecule has 1 unspecified atom stereocenters. The monoisotopic (exact) mass is 326 g/mol. The number of amides is 1. The summed E-state index contributed by atoms with van der Waals surface area (Å²) in [5.74, 6) is 1.08. The summed E-state index contributed by atoms with van der Waals surface area (Å²) >= 11 is 0. The minimum atomic E-state index is -0.0189. The molecule has 1 aliphatic heterocycles. The SMILES string of the molecule is O=C(COc1cccnc1)N(Cc1cccnc1)CC1CCNC1. The van der Waals surface area contributed by atoms with E-state index in [1.807, 2.05) is 17.0 Å². The molecule has 0 aliphatic carbocycles.